The number of aliphatic carboxylic acids is 1. The zero-order valence-electron chi connectivity index (χ0n) is 17.0. The molecular formula is C22H35NO4. The lowest BCUT2D eigenvalue weighted by molar-refractivity contribution is -0.147. The summed E-state index contributed by atoms with van der Waals surface area (Å²) in [6.45, 7) is 5.87. The van der Waals surface area contributed by atoms with Gasteiger partial charge in [-0.2, -0.15) is 5.26 Å². The van der Waals surface area contributed by atoms with E-state index in [0.717, 1.165) is 38.5 Å². The van der Waals surface area contributed by atoms with Gasteiger partial charge >= 0.3 is 5.97 Å². The van der Waals surface area contributed by atoms with E-state index in [-0.39, 0.29) is 12.2 Å². The standard InChI is InChI=1S/C22H35NO4/c1-4-6-8-10-18(21(25)26)20-17(16(15-23)14-19(20)24)11-13-22(3,27)12-9-7-5-2/h11,13,16-18,20,27H,4-10,12,14H2,1-3H3,(H,25,26)/t16-,17-,18?,20-,22?/m1/s1. The Labute approximate surface area is 163 Å². The summed E-state index contributed by atoms with van der Waals surface area (Å²) in [5, 5.41) is 29.7. The number of hydrogen-bond donors (Lipinski definition) is 2. The van der Waals surface area contributed by atoms with Crippen LogP contribution in [0.1, 0.15) is 78.6 Å². The largest absolute Gasteiger partial charge is 0.481 e. The van der Waals surface area contributed by atoms with Crippen molar-refractivity contribution >= 4 is 11.8 Å². The zero-order chi connectivity index (χ0) is 20.4. The molecule has 27 heavy (non-hydrogen) atoms. The molecule has 0 aromatic heterocycles. The maximum Gasteiger partial charge on any atom is 0.307 e. The van der Waals surface area contributed by atoms with Crippen LogP contribution >= 0.6 is 0 Å². The number of allylic oxidation sites excluding steroid dienone is 1. The van der Waals surface area contributed by atoms with E-state index in [1.54, 1.807) is 19.1 Å². The van der Waals surface area contributed by atoms with Crippen molar-refractivity contribution in [1.29, 1.82) is 5.26 Å². The number of aliphatic hydroxyl groups is 1. The topological polar surface area (TPSA) is 98.4 Å². The predicted octanol–water partition coefficient (Wildman–Crippen LogP) is 4.50. The summed E-state index contributed by atoms with van der Waals surface area (Å²) in [6, 6.07) is 2.18. The zero-order valence-corrected chi connectivity index (χ0v) is 17.0. The third-order valence-electron chi connectivity index (χ3n) is 5.67. The van der Waals surface area contributed by atoms with Gasteiger partial charge in [0.15, 0.2) is 0 Å². The Kier molecular flexibility index (Phi) is 9.73. The fraction of sp³-hybridized carbons (Fsp3) is 0.773. The minimum atomic E-state index is -1.01. The Morgan fingerprint density at radius 2 is 1.93 bits per heavy atom. The molecule has 5 atom stereocenters. The van der Waals surface area contributed by atoms with Crippen LogP contribution in [0.2, 0.25) is 0 Å². The highest BCUT2D eigenvalue weighted by Gasteiger charge is 2.47. The molecule has 0 amide bonds. The van der Waals surface area contributed by atoms with Crippen LogP contribution in [-0.4, -0.2) is 27.6 Å². The summed E-state index contributed by atoms with van der Waals surface area (Å²) >= 11 is 0. The Balaban J connectivity index is 2.99. The van der Waals surface area contributed by atoms with Crippen molar-refractivity contribution in [3.63, 3.8) is 0 Å². The highest BCUT2D eigenvalue weighted by molar-refractivity contribution is 5.89. The monoisotopic (exact) mass is 377 g/mol. The Bertz CT molecular complexity index is 561. The molecular weight excluding hydrogens is 342 g/mol. The quantitative estimate of drug-likeness (QED) is 0.385. The number of nitrogens with zero attached hydrogens (tertiary/aromatic N) is 1. The van der Waals surface area contributed by atoms with Gasteiger partial charge in [-0.1, -0.05) is 64.5 Å². The number of ketones is 1. The molecule has 1 fully saturated rings. The number of carboxylic acid groups (broad SMARTS) is 1. The minimum Gasteiger partial charge on any atom is -0.481 e. The molecule has 0 heterocycles. The van der Waals surface area contributed by atoms with E-state index < -0.39 is 35.2 Å². The van der Waals surface area contributed by atoms with Crippen molar-refractivity contribution in [2.45, 2.75) is 84.2 Å². The van der Waals surface area contributed by atoms with Gasteiger partial charge in [-0.25, -0.2) is 0 Å². The van der Waals surface area contributed by atoms with Crippen molar-refractivity contribution in [2.75, 3.05) is 0 Å². The first kappa shape index (κ1) is 23.4. The average molecular weight is 378 g/mol. The molecule has 0 radical (unpaired) electrons. The van der Waals surface area contributed by atoms with Crippen LogP contribution in [0.3, 0.4) is 0 Å². The van der Waals surface area contributed by atoms with Gasteiger partial charge in [0.1, 0.15) is 5.78 Å². The second kappa shape index (κ2) is 11.2. The second-order valence-electron chi connectivity index (χ2n) is 8.12. The SMILES string of the molecule is CCCCCC(C(=O)O)[C@@H]1C(=O)C[C@H](C#N)[C@H]1C=CC(C)(O)CCCCC. The number of Topliss-reactive ketones (excluding diaryl/α,β-unsaturated/α-hetero) is 1. The lowest BCUT2D eigenvalue weighted by Gasteiger charge is -2.25. The highest BCUT2D eigenvalue weighted by atomic mass is 16.4. The molecule has 2 unspecified atom stereocenters. The number of carboxylic acids is 1. The van der Waals surface area contributed by atoms with Gasteiger partial charge in [0.2, 0.25) is 0 Å². The van der Waals surface area contributed by atoms with Gasteiger partial charge in [-0.05, 0) is 19.8 Å². The number of hydrogen-bond acceptors (Lipinski definition) is 4. The van der Waals surface area contributed by atoms with Crippen LogP contribution in [0.4, 0.5) is 0 Å². The van der Waals surface area contributed by atoms with E-state index in [9.17, 15) is 25.1 Å². The summed E-state index contributed by atoms with van der Waals surface area (Å²) in [4.78, 5) is 24.4. The first-order valence-electron chi connectivity index (χ1n) is 10.3. The molecule has 1 aliphatic carbocycles. The van der Waals surface area contributed by atoms with E-state index in [1.165, 1.54) is 0 Å². The lowest BCUT2D eigenvalue weighted by Crippen LogP contribution is -2.31. The summed E-state index contributed by atoms with van der Waals surface area (Å²) in [7, 11) is 0. The van der Waals surface area contributed by atoms with E-state index in [0.29, 0.717) is 12.8 Å². The summed E-state index contributed by atoms with van der Waals surface area (Å²) in [6.07, 6.45) is 10.3. The third kappa shape index (κ3) is 7.10. The highest BCUT2D eigenvalue weighted by Crippen LogP contribution is 2.42. The van der Waals surface area contributed by atoms with Gasteiger partial charge in [0.05, 0.1) is 23.5 Å². The molecule has 0 aliphatic heterocycles. The maximum atomic E-state index is 12.6. The van der Waals surface area contributed by atoms with Crippen LogP contribution in [0.5, 0.6) is 0 Å². The number of rotatable bonds is 12. The van der Waals surface area contributed by atoms with Gasteiger partial charge in [-0.15, -0.1) is 0 Å². The van der Waals surface area contributed by atoms with Crippen molar-refractivity contribution in [3.05, 3.63) is 12.2 Å². The summed E-state index contributed by atoms with van der Waals surface area (Å²) in [5.74, 6) is -3.49. The molecule has 1 aliphatic rings. The fourth-order valence-corrected chi connectivity index (χ4v) is 4.04. The lowest BCUT2D eigenvalue weighted by atomic mass is 9.77. The van der Waals surface area contributed by atoms with E-state index in [2.05, 4.69) is 13.0 Å². The van der Waals surface area contributed by atoms with E-state index in [1.807, 2.05) is 6.92 Å². The van der Waals surface area contributed by atoms with Gasteiger partial charge in [-0.3, -0.25) is 9.59 Å². The molecule has 0 aromatic rings. The second-order valence-corrected chi connectivity index (χ2v) is 8.12. The van der Waals surface area contributed by atoms with Crippen LogP contribution < -0.4 is 0 Å². The molecule has 1 saturated carbocycles. The Morgan fingerprint density at radius 3 is 2.48 bits per heavy atom. The molecule has 5 heteroatoms. The number of carbonyl (C=O) groups is 2. The molecule has 0 saturated heterocycles. The van der Waals surface area contributed by atoms with Crippen LogP contribution in [0.15, 0.2) is 12.2 Å². The van der Waals surface area contributed by atoms with Crippen molar-refractivity contribution < 1.29 is 19.8 Å². The first-order valence-corrected chi connectivity index (χ1v) is 10.3. The molecule has 0 bridgehead atoms. The summed E-state index contributed by atoms with van der Waals surface area (Å²) in [5.41, 5.74) is -1.01. The van der Waals surface area contributed by atoms with Crippen molar-refractivity contribution in [2.24, 2.45) is 23.7 Å². The van der Waals surface area contributed by atoms with Crippen molar-refractivity contribution in [3.8, 4) is 6.07 Å². The normalized spacial score (nSPS) is 26.0. The molecule has 5 nitrogen and oxygen atoms in total. The smallest absolute Gasteiger partial charge is 0.307 e. The predicted molar refractivity (Wildman–Crippen MR) is 105 cm³/mol. The van der Waals surface area contributed by atoms with E-state index >= 15 is 0 Å². The van der Waals surface area contributed by atoms with Crippen LogP contribution in [0.25, 0.3) is 0 Å². The van der Waals surface area contributed by atoms with Gasteiger partial charge in [0.25, 0.3) is 0 Å². The number of carbonyl (C=O) groups excluding carboxylic acids is 1. The van der Waals surface area contributed by atoms with Crippen LogP contribution in [-0.2, 0) is 9.59 Å². The Hall–Kier alpha value is -1.67. The summed E-state index contributed by atoms with van der Waals surface area (Å²) < 4.78 is 0. The van der Waals surface area contributed by atoms with E-state index in [4.69, 9.17) is 0 Å². The van der Waals surface area contributed by atoms with Gasteiger partial charge < -0.3 is 10.2 Å². The molecule has 0 aromatic carbocycles. The third-order valence-corrected chi connectivity index (χ3v) is 5.67. The first-order chi connectivity index (χ1) is 12.8. The molecule has 2 N–H and O–H groups in total. The number of nitriles is 1. The number of unbranched alkanes of at least 4 members (excludes halogenated alkanes) is 4. The average Bonchev–Trinajstić information content (AvgIpc) is 2.92. The maximum absolute atomic E-state index is 12.6. The van der Waals surface area contributed by atoms with Crippen LogP contribution in [0, 0.1) is 35.0 Å². The Morgan fingerprint density at radius 1 is 1.30 bits per heavy atom. The molecule has 0 spiro atoms. The fourth-order valence-electron chi connectivity index (χ4n) is 4.04. The molecule has 1 rings (SSSR count). The van der Waals surface area contributed by atoms with Gasteiger partial charge in [0, 0.05) is 18.3 Å². The minimum absolute atomic E-state index is 0.103. The molecule has 152 valence electrons. The van der Waals surface area contributed by atoms with Crippen molar-refractivity contribution in [1.82, 2.24) is 0 Å².